The van der Waals surface area contributed by atoms with Crippen LogP contribution >= 0.6 is 0 Å². The molecule has 5 aromatic rings. The molecule has 1 atom stereocenters. The lowest BCUT2D eigenvalue weighted by atomic mass is 9.98. The third-order valence-electron chi connectivity index (χ3n) is 7.41. The summed E-state index contributed by atoms with van der Waals surface area (Å²) in [6.45, 7) is 7.16. The zero-order valence-electron chi connectivity index (χ0n) is 25.2. The highest BCUT2D eigenvalue weighted by Gasteiger charge is 2.22. The van der Waals surface area contributed by atoms with E-state index in [1.165, 1.54) is 14.2 Å². The quantitative estimate of drug-likeness (QED) is 0.118. The predicted molar refractivity (Wildman–Crippen MR) is 162 cm³/mol. The first-order valence-electron chi connectivity index (χ1n) is 14.5. The van der Waals surface area contributed by atoms with Gasteiger partial charge in [0.25, 0.3) is 0 Å². The molecule has 224 valence electrons. The molecule has 0 radical (unpaired) electrons. The first kappa shape index (κ1) is 30.1. The monoisotopic (exact) mass is 583 g/mol. The van der Waals surface area contributed by atoms with Gasteiger partial charge in [0.15, 0.2) is 24.0 Å². The smallest absolute Gasteiger partial charge is 0.201 e. The number of carbonyl (C=O) groups is 1. The molecule has 0 amide bonds. The summed E-state index contributed by atoms with van der Waals surface area (Å²) < 4.78 is 20.4. The molecule has 11 nitrogen and oxygen atoms in total. The standard InChI is InChI=1S/C32H37N7O4/c1-6-8-13-28-33-27-18-24(20-40)29(32(41-4)42-5)34-31(27)38(28)19-22-14-16-23(17-15-22)25-11-9-10-12-26(25)30-35-36-37-39(30)21(3)43-7-2/h9-12,14-18,20-21,32H,6-8,13,19H2,1-5H3. The van der Waals surface area contributed by atoms with Crippen molar-refractivity contribution >= 4 is 17.5 Å². The fraction of sp³-hybridized carbons (Fsp3) is 0.375. The molecular formula is C32H37N7O4. The third kappa shape index (κ3) is 6.24. The first-order chi connectivity index (χ1) is 21.0. The van der Waals surface area contributed by atoms with E-state index in [0.29, 0.717) is 41.4 Å². The maximum absolute atomic E-state index is 11.9. The summed E-state index contributed by atoms with van der Waals surface area (Å²) in [7, 11) is 3.05. The Bertz CT molecular complexity index is 1680. The molecule has 0 saturated carbocycles. The van der Waals surface area contributed by atoms with Gasteiger partial charge in [-0.3, -0.25) is 4.79 Å². The third-order valence-corrected chi connectivity index (χ3v) is 7.41. The normalized spacial score (nSPS) is 12.3. The highest BCUT2D eigenvalue weighted by Crippen LogP contribution is 2.32. The number of methoxy groups -OCH3 is 2. The van der Waals surface area contributed by atoms with Gasteiger partial charge in [-0.05, 0) is 53.5 Å². The van der Waals surface area contributed by atoms with Gasteiger partial charge in [0.05, 0.1) is 6.54 Å². The molecule has 2 aromatic carbocycles. The van der Waals surface area contributed by atoms with Crippen LogP contribution in [0.2, 0.25) is 0 Å². The summed E-state index contributed by atoms with van der Waals surface area (Å²) in [5.41, 5.74) is 6.26. The van der Waals surface area contributed by atoms with Crippen LogP contribution in [0.15, 0.2) is 54.6 Å². The van der Waals surface area contributed by atoms with Crippen LogP contribution in [-0.4, -0.2) is 61.9 Å². The fourth-order valence-corrected chi connectivity index (χ4v) is 5.25. The van der Waals surface area contributed by atoms with Gasteiger partial charge in [-0.2, -0.15) is 4.68 Å². The van der Waals surface area contributed by atoms with Crippen LogP contribution in [-0.2, 0) is 27.2 Å². The van der Waals surface area contributed by atoms with Gasteiger partial charge in [-0.25, -0.2) is 9.97 Å². The molecular weight excluding hydrogens is 546 g/mol. The number of aldehydes is 1. The summed E-state index contributed by atoms with van der Waals surface area (Å²) >= 11 is 0. The Kier molecular flexibility index (Phi) is 9.65. The number of hydrogen-bond donors (Lipinski definition) is 0. The Hall–Kier alpha value is -4.32. The maximum atomic E-state index is 11.9. The van der Waals surface area contributed by atoms with Crippen LogP contribution in [0.5, 0.6) is 0 Å². The number of pyridine rings is 1. The van der Waals surface area contributed by atoms with Crippen molar-refractivity contribution in [1.29, 1.82) is 0 Å². The van der Waals surface area contributed by atoms with Gasteiger partial charge in [0.2, 0.25) is 6.29 Å². The lowest BCUT2D eigenvalue weighted by Gasteiger charge is -2.16. The second-order valence-electron chi connectivity index (χ2n) is 10.2. The number of hydrogen-bond acceptors (Lipinski definition) is 9. The molecule has 0 N–H and O–H groups in total. The van der Waals surface area contributed by atoms with Crippen molar-refractivity contribution in [2.24, 2.45) is 0 Å². The first-order valence-corrected chi connectivity index (χ1v) is 14.5. The number of carbonyl (C=O) groups excluding carboxylic acids is 1. The number of unbranched alkanes of at least 4 members (excludes halogenated alkanes) is 1. The maximum Gasteiger partial charge on any atom is 0.201 e. The molecule has 3 heterocycles. The van der Waals surface area contributed by atoms with E-state index in [4.69, 9.17) is 24.2 Å². The zero-order chi connectivity index (χ0) is 30.3. The van der Waals surface area contributed by atoms with Crippen molar-refractivity contribution in [2.45, 2.75) is 59.1 Å². The molecule has 0 aliphatic carbocycles. The van der Waals surface area contributed by atoms with Crippen molar-refractivity contribution in [1.82, 2.24) is 34.7 Å². The van der Waals surface area contributed by atoms with Gasteiger partial charge in [0, 0.05) is 38.4 Å². The summed E-state index contributed by atoms with van der Waals surface area (Å²) in [5.74, 6) is 1.57. The van der Waals surface area contributed by atoms with E-state index in [9.17, 15) is 4.79 Å². The van der Waals surface area contributed by atoms with Crippen LogP contribution in [0.3, 0.4) is 0 Å². The van der Waals surface area contributed by atoms with E-state index in [0.717, 1.165) is 53.6 Å². The number of aromatic nitrogens is 7. The van der Waals surface area contributed by atoms with Gasteiger partial charge < -0.3 is 18.8 Å². The number of aryl methyl sites for hydroxylation is 1. The van der Waals surface area contributed by atoms with Crippen molar-refractivity contribution in [3.05, 3.63) is 77.2 Å². The Morgan fingerprint density at radius 3 is 2.40 bits per heavy atom. The van der Waals surface area contributed by atoms with Crippen LogP contribution in [0.4, 0.5) is 0 Å². The van der Waals surface area contributed by atoms with E-state index in [1.807, 2.05) is 32.0 Å². The van der Waals surface area contributed by atoms with Crippen LogP contribution < -0.4 is 0 Å². The topological polar surface area (TPSA) is 119 Å². The van der Waals surface area contributed by atoms with Crippen molar-refractivity contribution < 1.29 is 19.0 Å². The number of benzene rings is 2. The molecule has 0 fully saturated rings. The number of rotatable bonds is 14. The van der Waals surface area contributed by atoms with E-state index in [1.54, 1.807) is 10.7 Å². The molecule has 0 spiro atoms. The lowest BCUT2D eigenvalue weighted by Crippen LogP contribution is -2.12. The second-order valence-corrected chi connectivity index (χ2v) is 10.2. The molecule has 43 heavy (non-hydrogen) atoms. The summed E-state index contributed by atoms with van der Waals surface area (Å²) in [4.78, 5) is 21.6. The van der Waals surface area contributed by atoms with Gasteiger partial charge >= 0.3 is 0 Å². The van der Waals surface area contributed by atoms with E-state index < -0.39 is 6.29 Å². The Labute approximate surface area is 250 Å². The molecule has 11 heteroatoms. The van der Waals surface area contributed by atoms with E-state index in [2.05, 4.69) is 57.3 Å². The largest absolute Gasteiger partial charge is 0.357 e. The van der Waals surface area contributed by atoms with Gasteiger partial charge in [-0.1, -0.05) is 61.9 Å². The van der Waals surface area contributed by atoms with Crippen LogP contribution in [0.25, 0.3) is 33.7 Å². The number of fused-ring (bicyclic) bond motifs is 1. The zero-order valence-corrected chi connectivity index (χ0v) is 25.2. The molecule has 0 aliphatic rings. The lowest BCUT2D eigenvalue weighted by molar-refractivity contribution is -0.108. The molecule has 1 unspecified atom stereocenters. The summed E-state index contributed by atoms with van der Waals surface area (Å²) in [6, 6.07) is 18.3. The number of imidazole rings is 1. The Morgan fingerprint density at radius 1 is 0.977 bits per heavy atom. The predicted octanol–water partition coefficient (Wildman–Crippen LogP) is 5.80. The number of nitrogens with zero attached hydrogens (tertiary/aromatic N) is 7. The minimum Gasteiger partial charge on any atom is -0.357 e. The highest BCUT2D eigenvalue weighted by atomic mass is 16.7. The molecule has 0 saturated heterocycles. The van der Waals surface area contributed by atoms with Crippen molar-refractivity contribution in [3.8, 4) is 22.5 Å². The Morgan fingerprint density at radius 2 is 1.72 bits per heavy atom. The second kappa shape index (κ2) is 13.8. The van der Waals surface area contributed by atoms with Gasteiger partial charge in [-0.15, -0.1) is 5.10 Å². The van der Waals surface area contributed by atoms with Crippen LogP contribution in [0.1, 0.15) is 73.6 Å². The van der Waals surface area contributed by atoms with E-state index in [-0.39, 0.29) is 6.23 Å². The highest BCUT2D eigenvalue weighted by molar-refractivity contribution is 5.84. The fourth-order valence-electron chi connectivity index (χ4n) is 5.25. The molecule has 0 bridgehead atoms. The summed E-state index contributed by atoms with van der Waals surface area (Å²) in [6.07, 6.45) is 2.55. The molecule has 0 aliphatic heterocycles. The SMILES string of the molecule is CCCCc1nc2cc(C=O)c(C(OC)OC)nc2n1Cc1ccc(-c2ccccc2-c2nnnn2C(C)OCC)cc1. The average Bonchev–Trinajstić information content (AvgIpc) is 3.66. The minimum atomic E-state index is -0.760. The number of tetrazole rings is 1. The van der Waals surface area contributed by atoms with Gasteiger partial charge in [0.1, 0.15) is 17.0 Å². The van der Waals surface area contributed by atoms with Crippen molar-refractivity contribution in [3.63, 3.8) is 0 Å². The Balaban J connectivity index is 1.51. The van der Waals surface area contributed by atoms with Crippen LogP contribution in [0, 0.1) is 0 Å². The number of ether oxygens (including phenoxy) is 3. The molecule has 5 rings (SSSR count). The summed E-state index contributed by atoms with van der Waals surface area (Å²) in [5, 5.41) is 12.4. The van der Waals surface area contributed by atoms with E-state index >= 15 is 0 Å². The van der Waals surface area contributed by atoms with Crippen molar-refractivity contribution in [2.75, 3.05) is 20.8 Å². The minimum absolute atomic E-state index is 0.294. The average molecular weight is 584 g/mol. The molecule has 3 aromatic heterocycles.